The highest BCUT2D eigenvalue weighted by Crippen LogP contribution is 2.20. The van der Waals surface area contributed by atoms with Crippen LogP contribution in [0.15, 0.2) is 36.4 Å². The summed E-state index contributed by atoms with van der Waals surface area (Å²) < 4.78 is 23.8. The van der Waals surface area contributed by atoms with Crippen molar-refractivity contribution in [1.29, 1.82) is 0 Å². The summed E-state index contributed by atoms with van der Waals surface area (Å²) in [4.78, 5) is 12.0. The van der Waals surface area contributed by atoms with Crippen LogP contribution in [0.4, 0.5) is 10.1 Å². The lowest BCUT2D eigenvalue weighted by Crippen LogP contribution is -2.10. The van der Waals surface area contributed by atoms with Crippen molar-refractivity contribution in [3.63, 3.8) is 0 Å². The van der Waals surface area contributed by atoms with Gasteiger partial charge in [0, 0.05) is 17.3 Å². The molecule has 0 aromatic heterocycles. The molecular weight excluding hydrogens is 273 g/mol. The van der Waals surface area contributed by atoms with Crippen molar-refractivity contribution in [2.75, 3.05) is 12.8 Å². The van der Waals surface area contributed by atoms with Crippen LogP contribution < -0.4 is 10.5 Å². The Bertz CT molecular complexity index is 650. The molecule has 21 heavy (non-hydrogen) atoms. The SMILES string of the molecule is COc1ccc(COC(=O)c2c(C)cccc2N)c(F)c1. The molecule has 0 aliphatic rings. The van der Waals surface area contributed by atoms with Gasteiger partial charge in [0.05, 0.1) is 12.7 Å². The second kappa shape index (κ2) is 6.26. The maximum atomic E-state index is 13.8. The smallest absolute Gasteiger partial charge is 0.340 e. The molecule has 4 nitrogen and oxygen atoms in total. The molecule has 2 rings (SSSR count). The third-order valence-electron chi connectivity index (χ3n) is 3.13. The lowest BCUT2D eigenvalue weighted by molar-refractivity contribution is 0.0469. The van der Waals surface area contributed by atoms with Gasteiger partial charge in [-0.05, 0) is 30.7 Å². The lowest BCUT2D eigenvalue weighted by atomic mass is 10.1. The maximum absolute atomic E-state index is 13.8. The van der Waals surface area contributed by atoms with E-state index in [1.54, 1.807) is 31.2 Å². The quantitative estimate of drug-likeness (QED) is 0.694. The third-order valence-corrected chi connectivity index (χ3v) is 3.13. The fourth-order valence-electron chi connectivity index (χ4n) is 1.96. The minimum Gasteiger partial charge on any atom is -0.497 e. The van der Waals surface area contributed by atoms with Gasteiger partial charge in [-0.1, -0.05) is 12.1 Å². The molecule has 0 aliphatic heterocycles. The molecule has 110 valence electrons. The molecule has 2 aromatic rings. The minimum absolute atomic E-state index is 0.164. The van der Waals surface area contributed by atoms with Crippen LogP contribution in [0.1, 0.15) is 21.5 Å². The molecule has 0 atom stereocenters. The number of esters is 1. The summed E-state index contributed by atoms with van der Waals surface area (Å²) in [5, 5.41) is 0. The number of benzene rings is 2. The Morgan fingerprint density at radius 3 is 2.67 bits per heavy atom. The fraction of sp³-hybridized carbons (Fsp3) is 0.188. The number of nitrogens with two attached hydrogens (primary N) is 1. The largest absolute Gasteiger partial charge is 0.497 e. The zero-order chi connectivity index (χ0) is 15.4. The van der Waals surface area contributed by atoms with Gasteiger partial charge in [-0.2, -0.15) is 0 Å². The Kier molecular flexibility index (Phi) is 4.42. The Balaban J connectivity index is 2.11. The van der Waals surface area contributed by atoms with E-state index in [2.05, 4.69) is 0 Å². The number of anilines is 1. The number of carbonyl (C=O) groups is 1. The number of ether oxygens (including phenoxy) is 2. The minimum atomic E-state index is -0.569. The van der Waals surface area contributed by atoms with E-state index in [1.807, 2.05) is 0 Å². The summed E-state index contributed by atoms with van der Waals surface area (Å²) in [5.74, 6) is -0.647. The molecular formula is C16H16FNO3. The first-order valence-electron chi connectivity index (χ1n) is 6.37. The molecule has 0 aliphatic carbocycles. The number of hydrogen-bond donors (Lipinski definition) is 1. The van der Waals surface area contributed by atoms with Crippen molar-refractivity contribution < 1.29 is 18.7 Å². The zero-order valence-corrected chi connectivity index (χ0v) is 11.9. The second-order valence-electron chi connectivity index (χ2n) is 4.57. The van der Waals surface area contributed by atoms with Crippen molar-refractivity contribution in [1.82, 2.24) is 0 Å². The number of hydrogen-bond acceptors (Lipinski definition) is 4. The number of methoxy groups -OCH3 is 1. The summed E-state index contributed by atoms with van der Waals surface area (Å²) in [6, 6.07) is 9.51. The summed E-state index contributed by atoms with van der Waals surface area (Å²) in [6.45, 7) is 1.60. The first-order chi connectivity index (χ1) is 10.0. The number of aryl methyl sites for hydroxylation is 1. The Labute approximate surface area is 122 Å². The highest BCUT2D eigenvalue weighted by molar-refractivity contribution is 5.96. The highest BCUT2D eigenvalue weighted by atomic mass is 19.1. The molecule has 0 heterocycles. The average Bonchev–Trinajstić information content (AvgIpc) is 2.45. The normalized spacial score (nSPS) is 10.2. The molecule has 0 bridgehead atoms. The molecule has 0 unspecified atom stereocenters. The van der Waals surface area contributed by atoms with E-state index in [0.29, 0.717) is 17.0 Å². The van der Waals surface area contributed by atoms with E-state index in [9.17, 15) is 9.18 Å². The summed E-state index contributed by atoms with van der Waals surface area (Å²) >= 11 is 0. The van der Waals surface area contributed by atoms with E-state index in [1.165, 1.54) is 19.2 Å². The predicted octanol–water partition coefficient (Wildman–Crippen LogP) is 3.08. The molecule has 0 radical (unpaired) electrons. The molecule has 2 N–H and O–H groups in total. The van der Waals surface area contributed by atoms with E-state index in [0.717, 1.165) is 5.56 Å². The van der Waals surface area contributed by atoms with Crippen LogP contribution in [-0.2, 0) is 11.3 Å². The van der Waals surface area contributed by atoms with E-state index < -0.39 is 11.8 Å². The summed E-state index contributed by atoms with van der Waals surface area (Å²) in [7, 11) is 1.45. The lowest BCUT2D eigenvalue weighted by Gasteiger charge is -2.10. The van der Waals surface area contributed by atoms with Gasteiger partial charge in [0.25, 0.3) is 0 Å². The first-order valence-corrected chi connectivity index (χ1v) is 6.37. The van der Waals surface area contributed by atoms with Gasteiger partial charge >= 0.3 is 5.97 Å². The van der Waals surface area contributed by atoms with Gasteiger partial charge in [0.1, 0.15) is 18.2 Å². The summed E-state index contributed by atoms with van der Waals surface area (Å²) in [5.41, 5.74) is 7.41. The van der Waals surface area contributed by atoms with Crippen LogP contribution in [-0.4, -0.2) is 13.1 Å². The van der Waals surface area contributed by atoms with Gasteiger partial charge in [0.2, 0.25) is 0 Å². The highest BCUT2D eigenvalue weighted by Gasteiger charge is 2.15. The monoisotopic (exact) mass is 289 g/mol. The topological polar surface area (TPSA) is 61.5 Å². The number of rotatable bonds is 4. The van der Waals surface area contributed by atoms with E-state index in [4.69, 9.17) is 15.2 Å². The van der Waals surface area contributed by atoms with Crippen LogP contribution in [0.5, 0.6) is 5.75 Å². The van der Waals surface area contributed by atoms with Crippen molar-refractivity contribution in [3.8, 4) is 5.75 Å². The Morgan fingerprint density at radius 1 is 1.29 bits per heavy atom. The van der Waals surface area contributed by atoms with Gasteiger partial charge < -0.3 is 15.2 Å². The molecule has 0 amide bonds. The second-order valence-corrected chi connectivity index (χ2v) is 4.57. The number of halogens is 1. The number of nitrogen functional groups attached to an aromatic ring is 1. The molecule has 0 saturated heterocycles. The van der Waals surface area contributed by atoms with Gasteiger partial charge in [-0.3, -0.25) is 0 Å². The van der Waals surface area contributed by atoms with E-state index in [-0.39, 0.29) is 12.2 Å². The van der Waals surface area contributed by atoms with Crippen molar-refractivity contribution in [2.24, 2.45) is 0 Å². The molecule has 5 heteroatoms. The predicted molar refractivity (Wildman–Crippen MR) is 77.7 cm³/mol. The first kappa shape index (κ1) is 14.8. The van der Waals surface area contributed by atoms with Crippen LogP contribution in [0.3, 0.4) is 0 Å². The maximum Gasteiger partial charge on any atom is 0.340 e. The van der Waals surface area contributed by atoms with Gasteiger partial charge in [0.15, 0.2) is 0 Å². The van der Waals surface area contributed by atoms with Gasteiger partial charge in [-0.15, -0.1) is 0 Å². The third kappa shape index (κ3) is 3.31. The van der Waals surface area contributed by atoms with Crippen molar-refractivity contribution >= 4 is 11.7 Å². The Hall–Kier alpha value is -2.56. The van der Waals surface area contributed by atoms with Crippen LogP contribution in [0.25, 0.3) is 0 Å². The van der Waals surface area contributed by atoms with Crippen LogP contribution >= 0.6 is 0 Å². The van der Waals surface area contributed by atoms with Gasteiger partial charge in [-0.25, -0.2) is 9.18 Å². The molecule has 0 saturated carbocycles. The molecule has 2 aromatic carbocycles. The van der Waals surface area contributed by atoms with Crippen LogP contribution in [0.2, 0.25) is 0 Å². The standard InChI is InChI=1S/C16H16FNO3/c1-10-4-3-5-14(18)15(10)16(19)21-9-11-6-7-12(20-2)8-13(11)17/h3-8H,9,18H2,1-2H3. The zero-order valence-electron chi connectivity index (χ0n) is 11.9. The Morgan fingerprint density at radius 2 is 2.05 bits per heavy atom. The van der Waals surface area contributed by atoms with E-state index >= 15 is 0 Å². The van der Waals surface area contributed by atoms with Crippen LogP contribution in [0, 0.1) is 12.7 Å². The summed E-state index contributed by atoms with van der Waals surface area (Å²) in [6.07, 6.45) is 0. The fourth-order valence-corrected chi connectivity index (χ4v) is 1.96. The average molecular weight is 289 g/mol. The molecule has 0 fully saturated rings. The van der Waals surface area contributed by atoms with Crippen molar-refractivity contribution in [2.45, 2.75) is 13.5 Å². The van der Waals surface area contributed by atoms with Crippen molar-refractivity contribution in [3.05, 3.63) is 58.9 Å². The number of carbonyl (C=O) groups excluding carboxylic acids is 1. The molecule has 0 spiro atoms.